The molecule has 0 fully saturated rings. The molecule has 0 aliphatic heterocycles. The lowest BCUT2D eigenvalue weighted by atomic mass is 10.3. The van der Waals surface area contributed by atoms with E-state index in [0.717, 1.165) is 10.6 Å². The van der Waals surface area contributed by atoms with Crippen molar-refractivity contribution in [3.63, 3.8) is 0 Å². The van der Waals surface area contributed by atoms with Gasteiger partial charge in [-0.15, -0.1) is 11.8 Å². The molecule has 0 aliphatic carbocycles. The van der Waals surface area contributed by atoms with Gasteiger partial charge in [-0.05, 0) is 12.1 Å². The van der Waals surface area contributed by atoms with Crippen LogP contribution in [0.1, 0.15) is 20.3 Å². The summed E-state index contributed by atoms with van der Waals surface area (Å²) in [5, 5.41) is 3.90. The molecular formula is C12H17ClN2OS. The van der Waals surface area contributed by atoms with Gasteiger partial charge in [0.2, 0.25) is 5.91 Å². The van der Waals surface area contributed by atoms with Crippen LogP contribution in [0.2, 0.25) is 5.02 Å². The first-order valence-electron chi connectivity index (χ1n) is 5.49. The van der Waals surface area contributed by atoms with Crippen molar-refractivity contribution in [2.45, 2.75) is 30.4 Å². The Morgan fingerprint density at radius 1 is 1.53 bits per heavy atom. The van der Waals surface area contributed by atoms with E-state index in [4.69, 9.17) is 17.3 Å². The van der Waals surface area contributed by atoms with E-state index >= 15 is 0 Å². The van der Waals surface area contributed by atoms with Gasteiger partial charge in [0.15, 0.2) is 0 Å². The van der Waals surface area contributed by atoms with E-state index in [1.165, 1.54) is 0 Å². The lowest BCUT2D eigenvalue weighted by Crippen LogP contribution is -2.16. The molecule has 1 aromatic rings. The summed E-state index contributed by atoms with van der Waals surface area (Å²) in [6, 6.07) is 5.50. The van der Waals surface area contributed by atoms with Gasteiger partial charge in [0.05, 0.1) is 10.7 Å². The highest BCUT2D eigenvalue weighted by Gasteiger charge is 2.11. The third-order valence-electron chi connectivity index (χ3n) is 1.97. The van der Waals surface area contributed by atoms with Crippen LogP contribution >= 0.6 is 23.4 Å². The first kappa shape index (κ1) is 14.4. The Kier molecular flexibility index (Phi) is 5.82. The Morgan fingerprint density at radius 3 is 2.82 bits per heavy atom. The molecule has 0 unspecified atom stereocenters. The third kappa shape index (κ3) is 4.58. The molecule has 0 aromatic heterocycles. The highest BCUT2D eigenvalue weighted by atomic mass is 35.5. The molecule has 94 valence electrons. The molecule has 17 heavy (non-hydrogen) atoms. The fourth-order valence-electron chi connectivity index (χ4n) is 1.31. The van der Waals surface area contributed by atoms with E-state index in [0.29, 0.717) is 23.2 Å². The molecule has 1 aromatic carbocycles. The van der Waals surface area contributed by atoms with Gasteiger partial charge in [-0.1, -0.05) is 31.5 Å². The minimum absolute atomic E-state index is 0.0830. The summed E-state index contributed by atoms with van der Waals surface area (Å²) >= 11 is 7.77. The normalized spacial score (nSPS) is 10.6. The number of anilines is 1. The lowest BCUT2D eigenvalue weighted by molar-refractivity contribution is -0.116. The molecule has 0 radical (unpaired) electrons. The molecule has 0 heterocycles. The quantitative estimate of drug-likeness (QED) is 0.810. The monoisotopic (exact) mass is 272 g/mol. The second-order valence-electron chi connectivity index (χ2n) is 3.87. The molecule has 3 N–H and O–H groups in total. The molecular weight excluding hydrogens is 256 g/mol. The first-order valence-corrected chi connectivity index (χ1v) is 6.75. The molecule has 0 spiro atoms. The van der Waals surface area contributed by atoms with Gasteiger partial charge in [-0.3, -0.25) is 4.79 Å². The molecule has 0 aliphatic rings. The van der Waals surface area contributed by atoms with E-state index in [1.54, 1.807) is 11.8 Å². The first-order chi connectivity index (χ1) is 8.04. The van der Waals surface area contributed by atoms with Crippen molar-refractivity contribution in [2.75, 3.05) is 11.9 Å². The number of thioether (sulfide) groups is 1. The van der Waals surface area contributed by atoms with Gasteiger partial charge >= 0.3 is 0 Å². The highest BCUT2D eigenvalue weighted by molar-refractivity contribution is 8.00. The van der Waals surface area contributed by atoms with Gasteiger partial charge in [0.25, 0.3) is 0 Å². The summed E-state index contributed by atoms with van der Waals surface area (Å²) in [5.41, 5.74) is 6.10. The molecule has 5 heteroatoms. The van der Waals surface area contributed by atoms with Crippen LogP contribution in [-0.2, 0) is 4.79 Å². The predicted octanol–water partition coefficient (Wildman–Crippen LogP) is 3.13. The summed E-state index contributed by atoms with van der Waals surface area (Å²) in [7, 11) is 0. The fourth-order valence-corrected chi connectivity index (χ4v) is 2.51. The lowest BCUT2D eigenvalue weighted by Gasteiger charge is -2.13. The summed E-state index contributed by atoms with van der Waals surface area (Å²) in [4.78, 5) is 12.4. The van der Waals surface area contributed by atoms with Crippen LogP contribution in [0.15, 0.2) is 23.1 Å². The average Bonchev–Trinajstić information content (AvgIpc) is 2.23. The zero-order chi connectivity index (χ0) is 12.8. The number of nitrogens with two attached hydrogens (primary N) is 1. The van der Waals surface area contributed by atoms with E-state index < -0.39 is 0 Å². The number of nitrogens with one attached hydrogen (secondary N) is 1. The zero-order valence-corrected chi connectivity index (χ0v) is 11.6. The SMILES string of the molecule is CC(C)Sc1c(Cl)cccc1NC(=O)CCN. The maximum Gasteiger partial charge on any atom is 0.225 e. The van der Waals surface area contributed by atoms with Crippen LogP contribution in [0.25, 0.3) is 0 Å². The number of amides is 1. The zero-order valence-electron chi connectivity index (χ0n) is 10.00. The van der Waals surface area contributed by atoms with Gasteiger partial charge in [-0.25, -0.2) is 0 Å². The largest absolute Gasteiger partial charge is 0.330 e. The molecule has 0 saturated carbocycles. The van der Waals surface area contributed by atoms with Crippen molar-refractivity contribution in [3.05, 3.63) is 23.2 Å². The Labute approximate surface area is 111 Å². The Bertz CT molecular complexity index is 396. The number of hydrogen-bond acceptors (Lipinski definition) is 3. The maximum atomic E-state index is 11.5. The van der Waals surface area contributed by atoms with Crippen LogP contribution < -0.4 is 11.1 Å². The number of carbonyl (C=O) groups is 1. The summed E-state index contributed by atoms with van der Waals surface area (Å²) in [6.45, 7) is 4.51. The topological polar surface area (TPSA) is 55.1 Å². The van der Waals surface area contributed by atoms with E-state index in [-0.39, 0.29) is 5.91 Å². The van der Waals surface area contributed by atoms with Crippen molar-refractivity contribution in [3.8, 4) is 0 Å². The minimum Gasteiger partial charge on any atom is -0.330 e. The van der Waals surface area contributed by atoms with E-state index in [2.05, 4.69) is 19.2 Å². The molecule has 1 amide bonds. The van der Waals surface area contributed by atoms with Gasteiger partial charge in [0.1, 0.15) is 0 Å². The Balaban J connectivity index is 2.90. The van der Waals surface area contributed by atoms with Gasteiger partial charge in [-0.2, -0.15) is 0 Å². The average molecular weight is 273 g/mol. The molecule has 0 bridgehead atoms. The van der Waals surface area contributed by atoms with Crippen molar-refractivity contribution in [2.24, 2.45) is 5.73 Å². The van der Waals surface area contributed by atoms with Crippen LogP contribution in [0.4, 0.5) is 5.69 Å². The molecule has 3 nitrogen and oxygen atoms in total. The summed E-state index contributed by atoms with van der Waals surface area (Å²) in [5.74, 6) is -0.0830. The van der Waals surface area contributed by atoms with Crippen molar-refractivity contribution in [1.29, 1.82) is 0 Å². The van der Waals surface area contributed by atoms with Crippen molar-refractivity contribution >= 4 is 35.0 Å². The minimum atomic E-state index is -0.0830. The maximum absolute atomic E-state index is 11.5. The second kappa shape index (κ2) is 6.89. The van der Waals surface area contributed by atoms with Crippen LogP contribution in [0.3, 0.4) is 0 Å². The Hall–Kier alpha value is -0.710. The van der Waals surface area contributed by atoms with Gasteiger partial charge < -0.3 is 11.1 Å². The third-order valence-corrected chi connectivity index (χ3v) is 3.54. The van der Waals surface area contributed by atoms with E-state index in [1.807, 2.05) is 18.2 Å². The van der Waals surface area contributed by atoms with Crippen molar-refractivity contribution < 1.29 is 4.79 Å². The standard InChI is InChI=1S/C12H17ClN2OS/c1-8(2)17-12-9(13)4-3-5-10(12)15-11(16)6-7-14/h3-5,8H,6-7,14H2,1-2H3,(H,15,16). The highest BCUT2D eigenvalue weighted by Crippen LogP contribution is 2.36. The molecule has 0 saturated heterocycles. The second-order valence-corrected chi connectivity index (χ2v) is 5.86. The van der Waals surface area contributed by atoms with Crippen LogP contribution in [-0.4, -0.2) is 17.7 Å². The predicted molar refractivity (Wildman–Crippen MR) is 74.7 cm³/mol. The number of halogens is 1. The number of benzene rings is 1. The molecule has 0 atom stereocenters. The Morgan fingerprint density at radius 2 is 2.24 bits per heavy atom. The number of hydrogen-bond donors (Lipinski definition) is 2. The smallest absolute Gasteiger partial charge is 0.225 e. The molecule has 1 rings (SSSR count). The summed E-state index contributed by atoms with van der Waals surface area (Å²) in [6.07, 6.45) is 0.318. The summed E-state index contributed by atoms with van der Waals surface area (Å²) < 4.78 is 0. The number of rotatable bonds is 5. The fraction of sp³-hybridized carbons (Fsp3) is 0.417. The number of carbonyl (C=O) groups excluding carboxylic acids is 1. The van der Waals surface area contributed by atoms with Crippen LogP contribution in [0.5, 0.6) is 0 Å². The van der Waals surface area contributed by atoms with Crippen molar-refractivity contribution in [1.82, 2.24) is 0 Å². The van der Waals surface area contributed by atoms with Gasteiger partial charge in [0, 0.05) is 23.1 Å². The van der Waals surface area contributed by atoms with E-state index in [9.17, 15) is 4.79 Å². The van der Waals surface area contributed by atoms with Crippen LogP contribution in [0, 0.1) is 0 Å².